The smallest absolute Gasteiger partial charge is 0.324 e. The zero-order chi connectivity index (χ0) is 47.6. The Balaban J connectivity index is 1.10. The second-order valence-electron chi connectivity index (χ2n) is 21.0. The highest BCUT2D eigenvalue weighted by atomic mass is 32.1. The number of fused-ring (bicyclic) bond motifs is 8. The molecule has 4 saturated heterocycles. The molecule has 5 fully saturated rings. The van der Waals surface area contributed by atoms with Gasteiger partial charge in [-0.15, -0.1) is 11.3 Å². The van der Waals surface area contributed by atoms with E-state index in [1.807, 2.05) is 12.3 Å². The molecular formula is C52H69N7O8S. The van der Waals surface area contributed by atoms with E-state index in [4.69, 9.17) is 33.7 Å². The molecule has 16 heteroatoms. The number of carbonyl (C=O) groups excluding carboxylic acids is 3. The first-order valence-corrected chi connectivity index (χ1v) is 25.9. The van der Waals surface area contributed by atoms with Gasteiger partial charge in [-0.25, -0.2) is 10.4 Å². The van der Waals surface area contributed by atoms with Crippen LogP contribution in [0, 0.1) is 23.2 Å². The van der Waals surface area contributed by atoms with Crippen LogP contribution in [0.1, 0.15) is 114 Å². The number of methoxy groups -OCH3 is 1. The first kappa shape index (κ1) is 47.4. The van der Waals surface area contributed by atoms with Gasteiger partial charge < -0.3 is 33.6 Å². The molecule has 9 atom stereocenters. The van der Waals surface area contributed by atoms with Gasteiger partial charge in [0.05, 0.1) is 62.3 Å². The van der Waals surface area contributed by atoms with E-state index in [1.165, 1.54) is 21.9 Å². The number of nitrogens with zero attached hydrogens (tertiary/aromatic N) is 5. The molecule has 1 unspecified atom stereocenters. The van der Waals surface area contributed by atoms with E-state index < -0.39 is 29.6 Å². The summed E-state index contributed by atoms with van der Waals surface area (Å²) in [6.45, 7) is 19.1. The molecule has 3 aromatic heterocycles. The van der Waals surface area contributed by atoms with Gasteiger partial charge in [-0.2, -0.15) is 0 Å². The lowest BCUT2D eigenvalue weighted by Gasteiger charge is -2.53. The highest BCUT2D eigenvalue weighted by Crippen LogP contribution is 2.47. The molecule has 1 aromatic carbocycles. The quantitative estimate of drug-likeness (QED) is 0.157. The number of esters is 1. The number of ether oxygens (including phenoxy) is 5. The van der Waals surface area contributed by atoms with Crippen LogP contribution >= 0.6 is 11.3 Å². The topological polar surface area (TPSA) is 159 Å². The number of cyclic esters (lactones) is 1. The van der Waals surface area contributed by atoms with Crippen molar-refractivity contribution >= 4 is 40.0 Å². The number of hydrazine groups is 1. The Bertz CT molecular complexity index is 2520. The number of aromatic nitrogens is 3. The molecule has 2 N–H and O–H groups in total. The molecule has 6 aliphatic rings. The van der Waals surface area contributed by atoms with Crippen molar-refractivity contribution < 1.29 is 38.1 Å². The Labute approximate surface area is 403 Å². The standard InChI is InChI=1S/C52H69N7O8S/c1-9-57-42-14-13-31-18-37(42)39(46(57)38-19-33(21-53-44(38)30(5)63-8)32-16-34-22-64-23-35(17-32)59(34)36-24-65-25-36)20-52(6,7)27-67-51(62)40-12-11-15-58(56-40)50(61)45(55-48(60)43-28(3)29(43)4)47(66-10-2)49-54-41(31)26-68-49/h13-14,18-19,21,26,28-30,32,34-36,40,43,45,47,56H,9-12,15-17,20,22-25,27H2,1-8H3,(H,55,60)/t28-,29+,30-,34+,35+,40-,43?,45-,47-/m0/s1. The number of pyridine rings is 1. The number of hydrogen-bond donors (Lipinski definition) is 2. The van der Waals surface area contributed by atoms with Crippen LogP contribution in [0.25, 0.3) is 33.4 Å². The molecule has 366 valence electrons. The Morgan fingerprint density at radius 3 is 2.46 bits per heavy atom. The summed E-state index contributed by atoms with van der Waals surface area (Å²) < 4.78 is 32.9. The normalized spacial score (nSPS) is 30.4. The van der Waals surface area contributed by atoms with E-state index in [9.17, 15) is 14.4 Å². The monoisotopic (exact) mass is 951 g/mol. The maximum atomic E-state index is 14.7. The first-order valence-electron chi connectivity index (χ1n) is 25.0. The summed E-state index contributed by atoms with van der Waals surface area (Å²) in [5.74, 6) is -0.430. The van der Waals surface area contributed by atoms with Gasteiger partial charge in [-0.3, -0.25) is 29.3 Å². The Morgan fingerprint density at radius 2 is 1.78 bits per heavy atom. The van der Waals surface area contributed by atoms with Gasteiger partial charge in [-0.05, 0) is 100.0 Å². The van der Waals surface area contributed by atoms with Gasteiger partial charge in [-0.1, -0.05) is 33.8 Å². The van der Waals surface area contributed by atoms with Crippen LogP contribution in [0.5, 0.6) is 0 Å². The molecule has 4 aromatic rings. The van der Waals surface area contributed by atoms with Gasteiger partial charge in [0.1, 0.15) is 23.2 Å². The van der Waals surface area contributed by atoms with Crippen LogP contribution in [0.4, 0.5) is 0 Å². The fourth-order valence-electron chi connectivity index (χ4n) is 11.8. The minimum absolute atomic E-state index is 0.156. The second-order valence-corrected chi connectivity index (χ2v) is 21.9. The van der Waals surface area contributed by atoms with Gasteiger partial charge in [0.25, 0.3) is 5.91 Å². The number of nitrogens with one attached hydrogen (secondary N) is 2. The van der Waals surface area contributed by atoms with Crippen LogP contribution in [0.2, 0.25) is 0 Å². The summed E-state index contributed by atoms with van der Waals surface area (Å²) in [4.78, 5) is 55.7. The molecule has 15 nitrogen and oxygen atoms in total. The average molecular weight is 952 g/mol. The minimum Gasteiger partial charge on any atom is -0.464 e. The SMILES string of the molecule is CCO[C@@H]1c2nc(cs2)-c2ccc3c(c2)c(c(-c2cc(C4C[C@@H]5COC[C@@H](C4)N5C4COC4)cnc2[C@H](C)OC)n3CC)CC(C)(C)COC(=O)[C@@H]2CCCN(N2)C(=O)[C@H]1NC(=O)C1[C@@H](C)[C@H]1C. The van der Waals surface area contributed by atoms with E-state index in [0.717, 1.165) is 83.9 Å². The molecule has 2 amide bonds. The highest BCUT2D eigenvalue weighted by molar-refractivity contribution is 7.10. The van der Waals surface area contributed by atoms with Crippen molar-refractivity contribution in [3.05, 3.63) is 57.7 Å². The third-order valence-corrected chi connectivity index (χ3v) is 16.8. The summed E-state index contributed by atoms with van der Waals surface area (Å²) >= 11 is 1.42. The van der Waals surface area contributed by atoms with Crippen LogP contribution in [-0.2, 0) is 51.0 Å². The van der Waals surface area contributed by atoms with Gasteiger partial charge in [0.15, 0.2) is 0 Å². The summed E-state index contributed by atoms with van der Waals surface area (Å²) in [5, 5.41) is 8.27. The number of morpholine rings is 1. The zero-order valence-corrected chi connectivity index (χ0v) is 41.7. The number of thiazole rings is 1. The first-order chi connectivity index (χ1) is 32.8. The number of aryl methyl sites for hydroxylation is 1. The van der Waals surface area contributed by atoms with Gasteiger partial charge in [0, 0.05) is 83.8 Å². The predicted octanol–water partition coefficient (Wildman–Crippen LogP) is 6.99. The number of amides is 2. The molecule has 0 spiro atoms. The summed E-state index contributed by atoms with van der Waals surface area (Å²) in [7, 11) is 1.74. The average Bonchev–Trinajstić information content (AvgIpc) is 3.59. The predicted molar refractivity (Wildman–Crippen MR) is 259 cm³/mol. The number of rotatable bonds is 10. The van der Waals surface area contributed by atoms with E-state index >= 15 is 0 Å². The van der Waals surface area contributed by atoms with E-state index in [0.29, 0.717) is 68.0 Å². The summed E-state index contributed by atoms with van der Waals surface area (Å²) in [6.07, 6.45) is 4.60. The lowest BCUT2D eigenvalue weighted by molar-refractivity contribution is -0.159. The lowest BCUT2D eigenvalue weighted by Crippen LogP contribution is -2.64. The molecule has 10 rings (SSSR count). The highest BCUT2D eigenvalue weighted by Gasteiger charge is 2.50. The molecule has 1 saturated carbocycles. The summed E-state index contributed by atoms with van der Waals surface area (Å²) in [6, 6.07) is 8.23. The van der Waals surface area contributed by atoms with E-state index in [1.54, 1.807) is 7.11 Å². The van der Waals surface area contributed by atoms with Crippen LogP contribution in [0.15, 0.2) is 35.8 Å². The van der Waals surface area contributed by atoms with Crippen molar-refractivity contribution in [1.29, 1.82) is 0 Å². The van der Waals surface area contributed by atoms with Crippen molar-refractivity contribution in [2.24, 2.45) is 23.2 Å². The molecule has 5 aliphatic heterocycles. The van der Waals surface area contributed by atoms with E-state index in [2.05, 4.69) is 92.2 Å². The maximum Gasteiger partial charge on any atom is 0.324 e. The van der Waals surface area contributed by atoms with Crippen molar-refractivity contribution in [2.75, 3.05) is 53.3 Å². The zero-order valence-electron chi connectivity index (χ0n) is 40.9. The third kappa shape index (κ3) is 8.81. The molecular weight excluding hydrogens is 883 g/mol. The molecule has 0 radical (unpaired) electrons. The largest absolute Gasteiger partial charge is 0.464 e. The molecule has 8 bridgehead atoms. The Kier molecular flexibility index (Phi) is 13.3. The number of hydrogen-bond acceptors (Lipinski definition) is 13. The molecule has 8 heterocycles. The minimum atomic E-state index is -1.08. The van der Waals surface area contributed by atoms with Crippen LogP contribution in [0.3, 0.4) is 0 Å². The fraction of sp³-hybridized carbons (Fsp3) is 0.635. The van der Waals surface area contributed by atoms with E-state index in [-0.39, 0.29) is 42.3 Å². The van der Waals surface area contributed by atoms with Crippen molar-refractivity contribution in [1.82, 2.24) is 35.2 Å². The number of piperidine rings is 1. The third-order valence-electron chi connectivity index (χ3n) is 15.9. The van der Waals surface area contributed by atoms with Crippen LogP contribution < -0.4 is 10.7 Å². The van der Waals surface area contributed by atoms with Gasteiger partial charge in [0.2, 0.25) is 5.91 Å². The second kappa shape index (κ2) is 19.1. The number of benzene rings is 1. The van der Waals surface area contributed by atoms with Crippen molar-refractivity contribution in [2.45, 2.75) is 135 Å². The maximum absolute atomic E-state index is 14.7. The van der Waals surface area contributed by atoms with Crippen molar-refractivity contribution in [3.63, 3.8) is 0 Å². The molecule has 1 aliphatic carbocycles. The number of carbonyl (C=O) groups is 3. The lowest BCUT2D eigenvalue weighted by atomic mass is 9.79. The van der Waals surface area contributed by atoms with Gasteiger partial charge >= 0.3 is 5.97 Å². The molecule has 68 heavy (non-hydrogen) atoms. The Hall–Kier alpha value is -4.29. The summed E-state index contributed by atoms with van der Waals surface area (Å²) in [5.41, 5.74) is 10.8. The van der Waals surface area contributed by atoms with Crippen molar-refractivity contribution in [3.8, 4) is 22.5 Å². The van der Waals surface area contributed by atoms with Crippen LogP contribution in [-0.4, -0.2) is 126 Å². The fourth-order valence-corrected chi connectivity index (χ4v) is 12.7. The Morgan fingerprint density at radius 1 is 1.04 bits per heavy atom.